The highest BCUT2D eigenvalue weighted by atomic mass is 32.1. The fraction of sp³-hybridized carbons (Fsp3) is 0.591. The zero-order chi connectivity index (χ0) is 39.7. The molecule has 11 heteroatoms. The van der Waals surface area contributed by atoms with Crippen molar-refractivity contribution in [2.45, 2.75) is 130 Å². The number of ether oxygens (including phenoxy) is 3. The van der Waals surface area contributed by atoms with Gasteiger partial charge in [0.25, 0.3) is 5.91 Å². The smallest absolute Gasteiger partial charge is 0.313 e. The van der Waals surface area contributed by atoms with E-state index < -0.39 is 5.92 Å². The lowest BCUT2D eigenvalue weighted by molar-refractivity contribution is -0.147. The second kappa shape index (κ2) is 22.7. The number of hydrogen-bond acceptors (Lipinski definition) is 9. The van der Waals surface area contributed by atoms with Gasteiger partial charge in [-0.3, -0.25) is 14.4 Å². The summed E-state index contributed by atoms with van der Waals surface area (Å²) >= 11 is 1.41. The minimum atomic E-state index is -0.578. The van der Waals surface area contributed by atoms with E-state index in [1.807, 2.05) is 48.5 Å². The van der Waals surface area contributed by atoms with Gasteiger partial charge < -0.3 is 30.2 Å². The number of aromatic nitrogens is 1. The molecule has 302 valence electrons. The molecule has 1 aliphatic carbocycles. The van der Waals surface area contributed by atoms with Crippen LogP contribution in [0.2, 0.25) is 0 Å². The number of esters is 1. The van der Waals surface area contributed by atoms with Crippen molar-refractivity contribution in [2.75, 3.05) is 26.3 Å². The highest BCUT2D eigenvalue weighted by molar-refractivity contribution is 7.09. The summed E-state index contributed by atoms with van der Waals surface area (Å²) in [5, 5.41) is 5.70. The van der Waals surface area contributed by atoms with Gasteiger partial charge in [-0.1, -0.05) is 84.4 Å². The number of nitrogens with zero attached hydrogens (tertiary/aromatic N) is 2. The van der Waals surface area contributed by atoms with E-state index in [1.54, 1.807) is 5.38 Å². The summed E-state index contributed by atoms with van der Waals surface area (Å²) < 4.78 is 18.3. The van der Waals surface area contributed by atoms with Crippen LogP contribution in [0.15, 0.2) is 53.9 Å². The summed E-state index contributed by atoms with van der Waals surface area (Å²) in [6, 6.07) is 15.1. The Balaban J connectivity index is 1.51. The zero-order valence-electron chi connectivity index (χ0n) is 33.9. The van der Waals surface area contributed by atoms with Crippen LogP contribution in [0.4, 0.5) is 0 Å². The van der Waals surface area contributed by atoms with Gasteiger partial charge in [-0.05, 0) is 85.7 Å². The molecule has 1 aromatic heterocycles. The van der Waals surface area contributed by atoms with Gasteiger partial charge in [-0.2, -0.15) is 0 Å². The quantitative estimate of drug-likeness (QED) is 0.0725. The van der Waals surface area contributed by atoms with Gasteiger partial charge in [-0.15, -0.1) is 11.3 Å². The molecule has 0 aliphatic heterocycles. The number of unbranched alkanes of at least 4 members (excludes halogenated alkanes) is 1. The number of fused-ring (bicyclic) bond motifs is 1. The molecule has 0 fully saturated rings. The van der Waals surface area contributed by atoms with Crippen LogP contribution in [0.25, 0.3) is 0 Å². The Morgan fingerprint density at radius 2 is 1.80 bits per heavy atom. The summed E-state index contributed by atoms with van der Waals surface area (Å²) in [5.41, 5.74) is 8.71. The number of thiazole rings is 1. The fourth-order valence-corrected chi connectivity index (χ4v) is 7.95. The lowest BCUT2D eigenvalue weighted by Crippen LogP contribution is -2.45. The first kappa shape index (κ1) is 43.9. The molecule has 5 atom stereocenters. The second-order valence-electron chi connectivity index (χ2n) is 15.2. The van der Waals surface area contributed by atoms with Crippen LogP contribution in [0, 0.1) is 11.8 Å². The molecule has 0 saturated carbocycles. The Kier molecular flexibility index (Phi) is 18.1. The van der Waals surface area contributed by atoms with E-state index in [0.717, 1.165) is 53.8 Å². The van der Waals surface area contributed by atoms with E-state index in [4.69, 9.17) is 24.9 Å². The maximum Gasteiger partial charge on any atom is 0.313 e. The molecular weight excluding hydrogens is 713 g/mol. The molecule has 2 amide bonds. The first-order valence-corrected chi connectivity index (χ1v) is 21.3. The number of hydrogen-bond donors (Lipinski definition) is 2. The lowest BCUT2D eigenvalue weighted by Gasteiger charge is -2.37. The normalized spacial score (nSPS) is 16.9. The minimum Gasteiger partial charge on any atom is -0.494 e. The third-order valence-corrected chi connectivity index (χ3v) is 11.3. The largest absolute Gasteiger partial charge is 0.494 e. The van der Waals surface area contributed by atoms with Gasteiger partial charge in [0.05, 0.1) is 12.5 Å². The Bertz CT molecular complexity index is 1630. The Morgan fingerprint density at radius 3 is 2.49 bits per heavy atom. The first-order valence-electron chi connectivity index (χ1n) is 20.4. The third-order valence-electron chi connectivity index (χ3n) is 10.4. The molecule has 4 rings (SSSR count). The molecule has 3 N–H and O–H groups in total. The molecule has 55 heavy (non-hydrogen) atoms. The molecule has 0 spiro atoms. The number of carbonyl (C=O) groups excluding carboxylic acids is 3. The molecule has 3 aromatic rings. The van der Waals surface area contributed by atoms with Crippen molar-refractivity contribution in [3.8, 4) is 5.75 Å². The monoisotopic (exact) mass is 776 g/mol. The summed E-state index contributed by atoms with van der Waals surface area (Å²) in [6.07, 6.45) is 6.12. The van der Waals surface area contributed by atoms with Gasteiger partial charge in [0.2, 0.25) is 5.91 Å². The van der Waals surface area contributed by atoms with E-state index in [-0.39, 0.29) is 48.5 Å². The Labute approximate surface area is 332 Å². The van der Waals surface area contributed by atoms with Crippen LogP contribution in [-0.4, -0.2) is 66.1 Å². The van der Waals surface area contributed by atoms with Crippen molar-refractivity contribution in [2.24, 2.45) is 17.6 Å². The molecule has 10 nitrogen and oxygen atoms in total. The van der Waals surface area contributed by atoms with Crippen molar-refractivity contribution in [1.82, 2.24) is 15.2 Å². The SMILES string of the molecule is CCCO[C@H](CC(C(C)C)N(CCC)C(=O)C[C@@H](C)CC)c1nc(C(=O)N[C@H]2Cc3ccc(OCCCCN)cc3[C@H](C(=O)OCc3ccccc3)C2)cs1. The summed E-state index contributed by atoms with van der Waals surface area (Å²) in [5.74, 6) is 0.210. The summed E-state index contributed by atoms with van der Waals surface area (Å²) in [6.45, 7) is 15.3. The van der Waals surface area contributed by atoms with Crippen LogP contribution >= 0.6 is 11.3 Å². The minimum absolute atomic E-state index is 0.0303. The highest BCUT2D eigenvalue weighted by Crippen LogP contribution is 2.36. The van der Waals surface area contributed by atoms with Crippen LogP contribution < -0.4 is 15.8 Å². The van der Waals surface area contributed by atoms with E-state index in [0.29, 0.717) is 69.3 Å². The molecule has 1 unspecified atom stereocenters. The number of benzene rings is 2. The first-order chi connectivity index (χ1) is 26.6. The fourth-order valence-electron chi connectivity index (χ4n) is 7.09. The molecule has 0 radical (unpaired) electrons. The number of nitrogens with one attached hydrogen (secondary N) is 1. The standard InChI is InChI=1S/C44H64N4O6S/c1-7-20-48(41(49)23-31(6)9-3)39(30(4)5)27-40(53-21-8-2)43-47-38(29-55-43)42(50)46-34-24-33-17-18-35(52-22-14-13-19-45)26-36(33)37(25-34)44(51)54-28-32-15-11-10-12-16-32/h10-12,15-18,26,29-31,34,37,39-40H,7-9,13-14,19-25,27-28,45H2,1-6H3,(H,46,50)/t31-,34-,37+,39?,40+/m0/s1. The second-order valence-corrected chi connectivity index (χ2v) is 16.1. The third kappa shape index (κ3) is 13.1. The van der Waals surface area contributed by atoms with E-state index >= 15 is 0 Å². The number of amides is 2. The van der Waals surface area contributed by atoms with Gasteiger partial charge >= 0.3 is 5.97 Å². The van der Waals surface area contributed by atoms with E-state index in [9.17, 15) is 14.4 Å². The van der Waals surface area contributed by atoms with Crippen molar-refractivity contribution in [3.63, 3.8) is 0 Å². The maximum absolute atomic E-state index is 13.8. The predicted molar refractivity (Wildman–Crippen MR) is 219 cm³/mol. The van der Waals surface area contributed by atoms with Crippen molar-refractivity contribution in [3.05, 3.63) is 81.3 Å². The molecule has 0 bridgehead atoms. The molecule has 2 aromatic carbocycles. The predicted octanol–water partition coefficient (Wildman–Crippen LogP) is 8.39. The molecular formula is C44H64N4O6S. The molecule has 0 saturated heterocycles. The van der Waals surface area contributed by atoms with Crippen LogP contribution in [0.5, 0.6) is 5.75 Å². The number of nitrogens with two attached hydrogens (primary N) is 1. The van der Waals surface area contributed by atoms with Crippen LogP contribution in [-0.2, 0) is 32.1 Å². The van der Waals surface area contributed by atoms with E-state index in [2.05, 4.69) is 51.8 Å². The maximum atomic E-state index is 13.8. The van der Waals surface area contributed by atoms with Gasteiger partial charge in [0.15, 0.2) is 0 Å². The average Bonchev–Trinajstić information content (AvgIpc) is 3.68. The lowest BCUT2D eigenvalue weighted by atomic mass is 9.80. The van der Waals surface area contributed by atoms with Crippen molar-refractivity contribution < 1.29 is 28.6 Å². The summed E-state index contributed by atoms with van der Waals surface area (Å²) in [7, 11) is 0. The number of rotatable bonds is 23. The molecule has 1 heterocycles. The topological polar surface area (TPSA) is 133 Å². The van der Waals surface area contributed by atoms with Crippen LogP contribution in [0.1, 0.15) is 137 Å². The van der Waals surface area contributed by atoms with E-state index in [1.165, 1.54) is 11.3 Å². The van der Waals surface area contributed by atoms with Gasteiger partial charge in [0.1, 0.15) is 29.2 Å². The zero-order valence-corrected chi connectivity index (χ0v) is 34.7. The van der Waals surface area contributed by atoms with Gasteiger partial charge in [-0.25, -0.2) is 4.98 Å². The van der Waals surface area contributed by atoms with Crippen molar-refractivity contribution >= 4 is 29.1 Å². The molecule has 1 aliphatic rings. The van der Waals surface area contributed by atoms with Gasteiger partial charge in [0, 0.05) is 43.5 Å². The van der Waals surface area contributed by atoms with Crippen molar-refractivity contribution in [1.29, 1.82) is 0 Å². The number of carbonyl (C=O) groups is 3. The summed E-state index contributed by atoms with van der Waals surface area (Å²) in [4.78, 5) is 48.0. The Hall–Kier alpha value is -3.80. The highest BCUT2D eigenvalue weighted by Gasteiger charge is 2.35. The average molecular weight is 777 g/mol. The Morgan fingerprint density at radius 1 is 1.02 bits per heavy atom. The van der Waals surface area contributed by atoms with Crippen LogP contribution in [0.3, 0.4) is 0 Å².